The molecule has 2 aromatic heterocycles. The van der Waals surface area contributed by atoms with Crippen LogP contribution in [0.15, 0.2) is 53.2 Å². The molecule has 0 spiro atoms. The van der Waals surface area contributed by atoms with Crippen molar-refractivity contribution in [2.45, 2.75) is 38.5 Å². The van der Waals surface area contributed by atoms with Crippen LogP contribution in [-0.2, 0) is 6.54 Å². The summed E-state index contributed by atoms with van der Waals surface area (Å²) in [5, 5.41) is 20.9. The minimum absolute atomic E-state index is 0.138. The first-order valence-electron chi connectivity index (χ1n) is 9.13. The molecule has 7 nitrogen and oxygen atoms in total. The van der Waals surface area contributed by atoms with Crippen LogP contribution in [0.3, 0.4) is 0 Å². The Bertz CT molecular complexity index is 910. The Kier molecular flexibility index (Phi) is 4.77. The molecule has 0 aliphatic heterocycles. The summed E-state index contributed by atoms with van der Waals surface area (Å²) in [5.74, 6) is 0.459. The molecule has 0 saturated heterocycles. The van der Waals surface area contributed by atoms with Crippen molar-refractivity contribution in [3.63, 3.8) is 0 Å². The zero-order chi connectivity index (χ0) is 18.8. The summed E-state index contributed by atoms with van der Waals surface area (Å²) in [5.41, 5.74) is 2.25. The lowest BCUT2D eigenvalue weighted by molar-refractivity contribution is 0.0842. The topological polar surface area (TPSA) is 93.2 Å². The highest BCUT2D eigenvalue weighted by atomic mass is 16.5. The van der Waals surface area contributed by atoms with Gasteiger partial charge in [0.05, 0.1) is 11.8 Å². The minimum Gasteiger partial charge on any atom is -0.387 e. The SMILES string of the molecule is C[C@@H](O)c1ccn(C[C@H]2C[C@H](NC(=O)c3cc(-c4ccccc4)no3)C2)n1. The number of hydrogen-bond donors (Lipinski definition) is 2. The number of hydrogen-bond acceptors (Lipinski definition) is 5. The smallest absolute Gasteiger partial charge is 0.290 e. The van der Waals surface area contributed by atoms with E-state index >= 15 is 0 Å². The van der Waals surface area contributed by atoms with Crippen molar-refractivity contribution in [3.05, 3.63) is 60.1 Å². The summed E-state index contributed by atoms with van der Waals surface area (Å²) in [6, 6.07) is 13.3. The monoisotopic (exact) mass is 366 g/mol. The first-order valence-corrected chi connectivity index (χ1v) is 9.13. The number of aromatic nitrogens is 3. The van der Waals surface area contributed by atoms with Gasteiger partial charge in [-0.2, -0.15) is 5.10 Å². The van der Waals surface area contributed by atoms with Crippen LogP contribution < -0.4 is 5.32 Å². The van der Waals surface area contributed by atoms with Gasteiger partial charge in [0.1, 0.15) is 5.69 Å². The van der Waals surface area contributed by atoms with Gasteiger partial charge in [0, 0.05) is 30.4 Å². The molecule has 2 heterocycles. The second-order valence-corrected chi connectivity index (χ2v) is 7.09. The fourth-order valence-electron chi connectivity index (χ4n) is 3.35. The second kappa shape index (κ2) is 7.36. The van der Waals surface area contributed by atoms with Crippen molar-refractivity contribution < 1.29 is 14.4 Å². The molecule has 1 aliphatic carbocycles. The second-order valence-electron chi connectivity index (χ2n) is 7.09. The Morgan fingerprint density at radius 1 is 1.33 bits per heavy atom. The van der Waals surface area contributed by atoms with Gasteiger partial charge in [-0.1, -0.05) is 35.5 Å². The van der Waals surface area contributed by atoms with Gasteiger partial charge in [0.15, 0.2) is 0 Å². The highest BCUT2D eigenvalue weighted by Gasteiger charge is 2.31. The number of carbonyl (C=O) groups is 1. The maximum Gasteiger partial charge on any atom is 0.290 e. The fourth-order valence-corrected chi connectivity index (χ4v) is 3.35. The van der Waals surface area contributed by atoms with Crippen LogP contribution in [-0.4, -0.2) is 32.0 Å². The summed E-state index contributed by atoms with van der Waals surface area (Å²) in [4.78, 5) is 12.3. The Morgan fingerprint density at radius 3 is 2.81 bits per heavy atom. The molecule has 2 N–H and O–H groups in total. The summed E-state index contributed by atoms with van der Waals surface area (Å²) < 4.78 is 7.05. The van der Waals surface area contributed by atoms with Crippen molar-refractivity contribution in [3.8, 4) is 11.3 Å². The third kappa shape index (κ3) is 3.93. The van der Waals surface area contributed by atoms with E-state index in [4.69, 9.17) is 4.52 Å². The Labute approximate surface area is 157 Å². The third-order valence-electron chi connectivity index (χ3n) is 4.91. The van der Waals surface area contributed by atoms with E-state index in [1.807, 2.05) is 47.3 Å². The van der Waals surface area contributed by atoms with E-state index in [1.165, 1.54) is 0 Å². The van der Waals surface area contributed by atoms with Gasteiger partial charge in [0.25, 0.3) is 5.91 Å². The normalized spacial score (nSPS) is 20.1. The standard InChI is InChI=1S/C20H22N4O3/c1-13(25)17-7-8-24(22-17)12-14-9-16(10-14)21-20(26)19-11-18(23-27-19)15-5-3-2-4-6-15/h2-8,11,13-14,16,25H,9-10,12H2,1H3,(H,21,26)/t13-,14-,16-/m1/s1. The van der Waals surface area contributed by atoms with E-state index in [0.29, 0.717) is 17.3 Å². The van der Waals surface area contributed by atoms with E-state index in [9.17, 15) is 9.90 Å². The lowest BCUT2D eigenvalue weighted by atomic mass is 9.80. The highest BCUT2D eigenvalue weighted by Crippen LogP contribution is 2.29. The maximum absolute atomic E-state index is 12.3. The number of nitrogens with zero attached hydrogens (tertiary/aromatic N) is 3. The predicted molar refractivity (Wildman–Crippen MR) is 98.8 cm³/mol. The number of benzene rings is 1. The number of rotatable bonds is 6. The summed E-state index contributed by atoms with van der Waals surface area (Å²) in [6.07, 6.45) is 3.13. The van der Waals surface area contributed by atoms with Crippen molar-refractivity contribution in [2.75, 3.05) is 0 Å². The molecule has 1 aliphatic rings. The predicted octanol–water partition coefficient (Wildman–Crippen LogP) is 2.80. The molecular formula is C20H22N4O3. The third-order valence-corrected chi connectivity index (χ3v) is 4.91. The first kappa shape index (κ1) is 17.5. The lowest BCUT2D eigenvalue weighted by Crippen LogP contribution is -2.45. The molecule has 1 aromatic carbocycles. The summed E-state index contributed by atoms with van der Waals surface area (Å²) in [7, 11) is 0. The summed E-state index contributed by atoms with van der Waals surface area (Å²) in [6.45, 7) is 2.49. The molecule has 1 atom stereocenters. The van der Waals surface area contributed by atoms with Gasteiger partial charge in [-0.15, -0.1) is 0 Å². The summed E-state index contributed by atoms with van der Waals surface area (Å²) >= 11 is 0. The van der Waals surface area contributed by atoms with Gasteiger partial charge in [-0.3, -0.25) is 9.48 Å². The van der Waals surface area contributed by atoms with Gasteiger partial charge in [0.2, 0.25) is 5.76 Å². The number of nitrogens with one attached hydrogen (secondary N) is 1. The molecule has 4 rings (SSSR count). The van der Waals surface area contributed by atoms with Crippen LogP contribution in [0, 0.1) is 5.92 Å². The van der Waals surface area contributed by atoms with Crippen LogP contribution in [0.2, 0.25) is 0 Å². The van der Waals surface area contributed by atoms with Crippen LogP contribution in [0.5, 0.6) is 0 Å². The largest absolute Gasteiger partial charge is 0.387 e. The average Bonchev–Trinajstić information content (AvgIpc) is 3.30. The molecule has 27 heavy (non-hydrogen) atoms. The fraction of sp³-hybridized carbons (Fsp3) is 0.350. The Hall–Kier alpha value is -2.93. The zero-order valence-corrected chi connectivity index (χ0v) is 15.1. The van der Waals surface area contributed by atoms with Crippen LogP contribution >= 0.6 is 0 Å². The molecule has 1 amide bonds. The highest BCUT2D eigenvalue weighted by molar-refractivity contribution is 5.92. The van der Waals surface area contributed by atoms with E-state index in [0.717, 1.165) is 24.9 Å². The minimum atomic E-state index is -0.553. The quantitative estimate of drug-likeness (QED) is 0.700. The van der Waals surface area contributed by atoms with E-state index in [2.05, 4.69) is 15.6 Å². The van der Waals surface area contributed by atoms with Gasteiger partial charge in [-0.05, 0) is 31.7 Å². The van der Waals surface area contributed by atoms with Crippen LogP contribution in [0.4, 0.5) is 0 Å². The maximum atomic E-state index is 12.3. The Morgan fingerprint density at radius 2 is 2.11 bits per heavy atom. The van der Waals surface area contributed by atoms with Gasteiger partial charge >= 0.3 is 0 Å². The van der Waals surface area contributed by atoms with Crippen molar-refractivity contribution >= 4 is 5.91 Å². The molecule has 0 bridgehead atoms. The molecule has 3 aromatic rings. The van der Waals surface area contributed by atoms with E-state index in [-0.39, 0.29) is 17.7 Å². The molecule has 140 valence electrons. The Balaban J connectivity index is 1.27. The average molecular weight is 366 g/mol. The number of carbonyl (C=O) groups excluding carboxylic acids is 1. The zero-order valence-electron chi connectivity index (χ0n) is 15.1. The number of amides is 1. The van der Waals surface area contributed by atoms with Crippen molar-refractivity contribution in [2.24, 2.45) is 5.92 Å². The van der Waals surface area contributed by atoms with Crippen molar-refractivity contribution in [1.29, 1.82) is 0 Å². The molecule has 7 heteroatoms. The first-order chi connectivity index (χ1) is 13.1. The van der Waals surface area contributed by atoms with Crippen LogP contribution in [0.1, 0.15) is 42.1 Å². The molecule has 1 saturated carbocycles. The van der Waals surface area contributed by atoms with Crippen molar-refractivity contribution in [1.82, 2.24) is 20.3 Å². The molecule has 0 radical (unpaired) electrons. The van der Waals surface area contributed by atoms with Crippen LogP contribution in [0.25, 0.3) is 11.3 Å². The van der Waals surface area contributed by atoms with Gasteiger partial charge < -0.3 is 14.9 Å². The number of aliphatic hydroxyl groups is 1. The molecule has 1 fully saturated rings. The van der Waals surface area contributed by atoms with Gasteiger partial charge in [-0.25, -0.2) is 0 Å². The molecule has 0 unspecified atom stereocenters. The van der Waals surface area contributed by atoms with E-state index < -0.39 is 6.10 Å². The number of aliphatic hydroxyl groups excluding tert-OH is 1. The molecular weight excluding hydrogens is 344 g/mol. The lowest BCUT2D eigenvalue weighted by Gasteiger charge is -2.35. The van der Waals surface area contributed by atoms with E-state index in [1.54, 1.807) is 13.0 Å².